The van der Waals surface area contributed by atoms with Gasteiger partial charge in [0.15, 0.2) is 5.82 Å². The minimum Gasteiger partial charge on any atom is -0.187 e. The molecule has 4 aromatic rings. The van der Waals surface area contributed by atoms with Crippen molar-refractivity contribution in [2.24, 2.45) is 0 Å². The molecule has 0 radical (unpaired) electrons. The highest BCUT2D eigenvalue weighted by molar-refractivity contribution is 7.17. The first-order valence-electron chi connectivity index (χ1n) is 7.78. The second-order valence-electron chi connectivity index (χ2n) is 5.66. The van der Waals surface area contributed by atoms with Crippen LogP contribution in [0.2, 0.25) is 0 Å². The molecule has 0 spiro atoms. The van der Waals surface area contributed by atoms with E-state index in [1.54, 1.807) is 11.3 Å². The molecule has 4 nitrogen and oxygen atoms in total. The summed E-state index contributed by atoms with van der Waals surface area (Å²) in [5.41, 5.74) is 3.63. The smallest absolute Gasteiger partial charge is 0.187 e. The largest absolute Gasteiger partial charge is 0.234 e. The van der Waals surface area contributed by atoms with Crippen LogP contribution in [-0.4, -0.2) is 19.8 Å². The first kappa shape index (κ1) is 14.8. The lowest BCUT2D eigenvalue weighted by atomic mass is 10.1. The van der Waals surface area contributed by atoms with Crippen LogP contribution in [0.25, 0.3) is 17.1 Å². The first-order valence-corrected chi connectivity index (χ1v) is 8.59. The summed E-state index contributed by atoms with van der Waals surface area (Å²) in [5.74, 6) is 0.863. The Bertz CT molecular complexity index is 981. The summed E-state index contributed by atoms with van der Waals surface area (Å²) in [6, 6.07) is 18.7. The highest BCUT2D eigenvalue weighted by atomic mass is 32.1. The number of fused-ring (bicyclic) bond motifs is 1. The topological polar surface area (TPSA) is 43.1 Å². The van der Waals surface area contributed by atoms with Crippen molar-refractivity contribution >= 4 is 28.4 Å². The van der Waals surface area contributed by atoms with E-state index in [0.717, 1.165) is 27.8 Å². The summed E-state index contributed by atoms with van der Waals surface area (Å²) in [5, 5.41) is 14.0. The molecule has 2 aromatic heterocycles. The van der Waals surface area contributed by atoms with Crippen LogP contribution in [0.4, 0.5) is 0 Å². The number of benzene rings is 2. The second-order valence-corrected chi connectivity index (χ2v) is 6.64. The predicted molar refractivity (Wildman–Crippen MR) is 98.0 cm³/mol. The zero-order chi connectivity index (χ0) is 16.4. The average Bonchev–Trinajstić information content (AvgIpc) is 3.17. The number of rotatable bonds is 4. The van der Waals surface area contributed by atoms with Crippen LogP contribution in [0.5, 0.6) is 0 Å². The third-order valence-corrected chi connectivity index (χ3v) is 4.64. The summed E-state index contributed by atoms with van der Waals surface area (Å²) in [6.45, 7) is 2.09. The van der Waals surface area contributed by atoms with E-state index in [1.165, 1.54) is 11.1 Å². The van der Waals surface area contributed by atoms with Crippen LogP contribution in [0.15, 0.2) is 54.6 Å². The Labute approximate surface area is 144 Å². The van der Waals surface area contributed by atoms with Gasteiger partial charge in [0.05, 0.1) is 0 Å². The van der Waals surface area contributed by atoms with E-state index < -0.39 is 0 Å². The highest BCUT2D eigenvalue weighted by Crippen LogP contribution is 2.18. The van der Waals surface area contributed by atoms with Gasteiger partial charge in [-0.15, -0.1) is 10.2 Å². The maximum absolute atomic E-state index is 4.62. The van der Waals surface area contributed by atoms with Crippen LogP contribution in [-0.2, 0) is 6.42 Å². The molecule has 24 heavy (non-hydrogen) atoms. The van der Waals surface area contributed by atoms with E-state index in [-0.39, 0.29) is 0 Å². The van der Waals surface area contributed by atoms with Gasteiger partial charge in [0.1, 0.15) is 5.01 Å². The Hall–Kier alpha value is -2.79. The van der Waals surface area contributed by atoms with Crippen molar-refractivity contribution in [1.82, 2.24) is 19.8 Å². The molecule has 0 saturated carbocycles. The molecule has 0 N–H and O–H groups in total. The molecule has 0 aliphatic heterocycles. The molecule has 4 rings (SSSR count). The Balaban J connectivity index is 1.58. The molecule has 2 heterocycles. The monoisotopic (exact) mass is 332 g/mol. The minimum absolute atomic E-state index is 0.729. The summed E-state index contributed by atoms with van der Waals surface area (Å²) >= 11 is 1.54. The van der Waals surface area contributed by atoms with Gasteiger partial charge in [0.2, 0.25) is 4.96 Å². The van der Waals surface area contributed by atoms with Crippen LogP contribution in [0.1, 0.15) is 27.5 Å². The van der Waals surface area contributed by atoms with E-state index in [2.05, 4.69) is 64.7 Å². The van der Waals surface area contributed by atoms with Gasteiger partial charge in [0.25, 0.3) is 0 Å². The lowest BCUT2D eigenvalue weighted by Crippen LogP contribution is -1.97. The summed E-state index contributed by atoms with van der Waals surface area (Å²) < 4.78 is 1.84. The van der Waals surface area contributed by atoms with Crippen molar-refractivity contribution < 1.29 is 0 Å². The fourth-order valence-electron chi connectivity index (χ4n) is 2.47. The quantitative estimate of drug-likeness (QED) is 0.561. The summed E-state index contributed by atoms with van der Waals surface area (Å²) in [6.07, 6.45) is 4.82. The molecule has 0 unspecified atom stereocenters. The van der Waals surface area contributed by atoms with Crippen LogP contribution >= 0.6 is 11.3 Å². The van der Waals surface area contributed by atoms with Gasteiger partial charge in [-0.05, 0) is 24.1 Å². The molecular weight excluding hydrogens is 316 g/mol. The van der Waals surface area contributed by atoms with E-state index in [0.29, 0.717) is 0 Å². The average molecular weight is 332 g/mol. The number of aromatic nitrogens is 4. The Morgan fingerprint density at radius 3 is 2.54 bits per heavy atom. The van der Waals surface area contributed by atoms with Crippen molar-refractivity contribution in [2.75, 3.05) is 0 Å². The van der Waals surface area contributed by atoms with E-state index >= 15 is 0 Å². The molecule has 0 amide bonds. The molecule has 2 aromatic carbocycles. The maximum Gasteiger partial charge on any atom is 0.234 e. The van der Waals surface area contributed by atoms with Crippen molar-refractivity contribution in [1.29, 1.82) is 0 Å². The number of hydrogen-bond donors (Lipinski definition) is 0. The predicted octanol–water partition coefficient (Wildman–Crippen LogP) is 4.26. The number of aryl methyl sites for hydroxylation is 1. The molecule has 0 aliphatic carbocycles. The number of hydrogen-bond acceptors (Lipinski definition) is 4. The van der Waals surface area contributed by atoms with Crippen molar-refractivity contribution in [2.45, 2.75) is 13.3 Å². The van der Waals surface area contributed by atoms with Gasteiger partial charge in [-0.3, -0.25) is 0 Å². The summed E-state index contributed by atoms with van der Waals surface area (Å²) in [7, 11) is 0. The normalized spacial score (nSPS) is 11.5. The fraction of sp³-hybridized carbons (Fsp3) is 0.105. The van der Waals surface area contributed by atoms with E-state index in [4.69, 9.17) is 0 Å². The van der Waals surface area contributed by atoms with Gasteiger partial charge < -0.3 is 0 Å². The van der Waals surface area contributed by atoms with Gasteiger partial charge in [-0.25, -0.2) is 0 Å². The van der Waals surface area contributed by atoms with Crippen LogP contribution in [0.3, 0.4) is 0 Å². The molecule has 0 bridgehead atoms. The molecule has 118 valence electrons. The third-order valence-electron chi connectivity index (χ3n) is 3.77. The molecule has 0 atom stereocenters. The lowest BCUT2D eigenvalue weighted by Gasteiger charge is -1.97. The van der Waals surface area contributed by atoms with Gasteiger partial charge in [-0.1, -0.05) is 77.6 Å². The van der Waals surface area contributed by atoms with Crippen molar-refractivity contribution in [3.05, 3.63) is 82.1 Å². The Morgan fingerprint density at radius 2 is 1.75 bits per heavy atom. The van der Waals surface area contributed by atoms with Crippen LogP contribution < -0.4 is 0 Å². The summed E-state index contributed by atoms with van der Waals surface area (Å²) in [4.78, 5) is 0.824. The Morgan fingerprint density at radius 1 is 0.958 bits per heavy atom. The zero-order valence-electron chi connectivity index (χ0n) is 13.3. The minimum atomic E-state index is 0.729. The standard InChI is InChI=1S/C19H16N4S/c1-14-7-9-15(10-8-14)11-12-18-22-23-17(20-21-19(23)24-18)13-16-5-3-2-4-6-16/h2-12H,13H2,1H3/b12-11+. The van der Waals surface area contributed by atoms with Gasteiger partial charge >= 0.3 is 0 Å². The Kier molecular flexibility index (Phi) is 3.92. The van der Waals surface area contributed by atoms with Crippen LogP contribution in [0, 0.1) is 6.92 Å². The molecule has 5 heteroatoms. The van der Waals surface area contributed by atoms with Crippen molar-refractivity contribution in [3.8, 4) is 0 Å². The first-order chi connectivity index (χ1) is 11.8. The third kappa shape index (κ3) is 3.12. The lowest BCUT2D eigenvalue weighted by molar-refractivity contribution is 0.848. The van der Waals surface area contributed by atoms with Crippen molar-refractivity contribution in [3.63, 3.8) is 0 Å². The van der Waals surface area contributed by atoms with Gasteiger partial charge in [-0.2, -0.15) is 9.61 Å². The van der Waals surface area contributed by atoms with E-state index in [1.807, 2.05) is 28.8 Å². The maximum atomic E-state index is 4.62. The SMILES string of the molecule is Cc1ccc(/C=C/c2nn3c(Cc4ccccc4)nnc3s2)cc1. The molecule has 0 saturated heterocycles. The highest BCUT2D eigenvalue weighted by Gasteiger charge is 2.10. The molecule has 0 aliphatic rings. The second kappa shape index (κ2) is 6.37. The zero-order valence-corrected chi connectivity index (χ0v) is 14.1. The van der Waals surface area contributed by atoms with E-state index in [9.17, 15) is 0 Å². The molecular formula is C19H16N4S. The van der Waals surface area contributed by atoms with Gasteiger partial charge in [0, 0.05) is 6.42 Å². The molecule has 0 fully saturated rings. The number of nitrogens with zero attached hydrogens (tertiary/aromatic N) is 4. The fourth-order valence-corrected chi connectivity index (χ4v) is 3.23.